The van der Waals surface area contributed by atoms with Crippen LogP contribution in [0, 0.1) is 0 Å². The highest BCUT2D eigenvalue weighted by Crippen LogP contribution is 2.22. The van der Waals surface area contributed by atoms with E-state index >= 15 is 0 Å². The molecule has 0 saturated carbocycles. The fraction of sp³-hybridized carbons (Fsp3) is 0.174. The van der Waals surface area contributed by atoms with Gasteiger partial charge in [0.1, 0.15) is 11.5 Å². The van der Waals surface area contributed by atoms with Gasteiger partial charge in [-0.1, -0.05) is 42.5 Å². The SMILES string of the molecule is O=C(CCc1ccc(-c2ccccc2)o1)Nc1cccc(CN2C(=O)CNC2=O)c1. The molecule has 1 fully saturated rings. The predicted octanol–water partition coefficient (Wildman–Crippen LogP) is 3.57. The number of benzene rings is 2. The Labute approximate surface area is 173 Å². The van der Waals surface area contributed by atoms with Crippen LogP contribution in [0.3, 0.4) is 0 Å². The van der Waals surface area contributed by atoms with Gasteiger partial charge in [0.2, 0.25) is 11.8 Å². The highest BCUT2D eigenvalue weighted by atomic mass is 16.3. The van der Waals surface area contributed by atoms with Crippen molar-refractivity contribution < 1.29 is 18.8 Å². The van der Waals surface area contributed by atoms with E-state index in [1.165, 1.54) is 0 Å². The van der Waals surface area contributed by atoms with Gasteiger partial charge in [-0.15, -0.1) is 0 Å². The Bertz CT molecular complexity index is 1060. The van der Waals surface area contributed by atoms with Crippen molar-refractivity contribution in [2.24, 2.45) is 0 Å². The molecule has 1 aliphatic rings. The Morgan fingerprint density at radius 3 is 2.63 bits per heavy atom. The molecule has 4 rings (SSSR count). The van der Waals surface area contributed by atoms with Gasteiger partial charge < -0.3 is 15.1 Å². The molecule has 2 N–H and O–H groups in total. The van der Waals surface area contributed by atoms with Gasteiger partial charge in [0, 0.05) is 24.1 Å². The van der Waals surface area contributed by atoms with Gasteiger partial charge in [0.15, 0.2) is 0 Å². The molecule has 30 heavy (non-hydrogen) atoms. The Kier molecular flexibility index (Phi) is 5.61. The zero-order chi connectivity index (χ0) is 20.9. The molecule has 4 amide bonds. The van der Waals surface area contributed by atoms with E-state index in [2.05, 4.69) is 10.6 Å². The van der Waals surface area contributed by atoms with Gasteiger partial charge in [0.05, 0.1) is 13.1 Å². The van der Waals surface area contributed by atoms with Gasteiger partial charge in [-0.3, -0.25) is 14.5 Å². The Hall–Kier alpha value is -3.87. The highest BCUT2D eigenvalue weighted by Gasteiger charge is 2.28. The fourth-order valence-electron chi connectivity index (χ4n) is 3.28. The van der Waals surface area contributed by atoms with Crippen LogP contribution in [0.15, 0.2) is 71.1 Å². The largest absolute Gasteiger partial charge is 0.461 e. The van der Waals surface area contributed by atoms with Gasteiger partial charge in [-0.2, -0.15) is 0 Å². The van der Waals surface area contributed by atoms with Crippen molar-refractivity contribution in [2.75, 3.05) is 11.9 Å². The van der Waals surface area contributed by atoms with Crippen molar-refractivity contribution in [1.29, 1.82) is 0 Å². The molecule has 0 aliphatic carbocycles. The van der Waals surface area contributed by atoms with E-state index in [9.17, 15) is 14.4 Å². The number of hydrogen-bond donors (Lipinski definition) is 2. The molecule has 2 heterocycles. The summed E-state index contributed by atoms with van der Waals surface area (Å²) < 4.78 is 5.83. The van der Waals surface area contributed by atoms with Crippen LogP contribution >= 0.6 is 0 Å². The van der Waals surface area contributed by atoms with E-state index in [1.54, 1.807) is 18.2 Å². The van der Waals surface area contributed by atoms with Gasteiger partial charge in [-0.25, -0.2) is 4.79 Å². The first-order valence-corrected chi connectivity index (χ1v) is 9.69. The molecule has 7 heteroatoms. The topological polar surface area (TPSA) is 91.7 Å². The summed E-state index contributed by atoms with van der Waals surface area (Å²) in [6.45, 7) is 0.192. The molecule has 152 valence electrons. The number of anilines is 1. The number of carbonyl (C=O) groups is 3. The number of hydrogen-bond acceptors (Lipinski definition) is 4. The van der Waals surface area contributed by atoms with Crippen molar-refractivity contribution in [3.63, 3.8) is 0 Å². The maximum absolute atomic E-state index is 12.3. The van der Waals surface area contributed by atoms with Crippen LogP contribution in [0.2, 0.25) is 0 Å². The number of amides is 4. The maximum Gasteiger partial charge on any atom is 0.324 e. The van der Waals surface area contributed by atoms with Crippen molar-refractivity contribution >= 4 is 23.5 Å². The highest BCUT2D eigenvalue weighted by molar-refractivity contribution is 6.01. The number of furan rings is 1. The number of carbonyl (C=O) groups excluding carboxylic acids is 3. The number of imide groups is 1. The lowest BCUT2D eigenvalue weighted by Crippen LogP contribution is -2.30. The molecule has 3 aromatic rings. The third-order valence-corrected chi connectivity index (χ3v) is 4.81. The standard InChI is InChI=1S/C23H21N3O4/c27-21(12-10-19-9-11-20(30-19)17-6-2-1-3-7-17)25-18-8-4-5-16(13-18)15-26-22(28)14-24-23(26)29/h1-9,11,13H,10,12,14-15H2,(H,24,29)(H,25,27). The lowest BCUT2D eigenvalue weighted by molar-refractivity contribution is -0.125. The number of nitrogens with one attached hydrogen (secondary N) is 2. The van der Waals surface area contributed by atoms with Gasteiger partial charge in [0.25, 0.3) is 0 Å². The number of aryl methyl sites for hydroxylation is 1. The molecule has 1 saturated heterocycles. The van der Waals surface area contributed by atoms with Gasteiger partial charge >= 0.3 is 6.03 Å². The third-order valence-electron chi connectivity index (χ3n) is 4.81. The smallest absolute Gasteiger partial charge is 0.324 e. The molecule has 1 aliphatic heterocycles. The first kappa shape index (κ1) is 19.4. The van der Waals surface area contributed by atoms with Crippen LogP contribution in [0.4, 0.5) is 10.5 Å². The summed E-state index contributed by atoms with van der Waals surface area (Å²) in [6.07, 6.45) is 0.764. The van der Waals surface area contributed by atoms with Crippen LogP contribution in [-0.2, 0) is 22.6 Å². The molecule has 0 spiro atoms. The summed E-state index contributed by atoms with van der Waals surface area (Å²) >= 11 is 0. The summed E-state index contributed by atoms with van der Waals surface area (Å²) in [6, 6.07) is 20.3. The minimum absolute atomic E-state index is 0.0219. The van der Waals surface area contributed by atoms with Crippen molar-refractivity contribution in [3.05, 3.63) is 78.1 Å². The van der Waals surface area contributed by atoms with E-state index < -0.39 is 6.03 Å². The Morgan fingerprint density at radius 2 is 1.87 bits per heavy atom. The van der Waals surface area contributed by atoms with Crippen LogP contribution in [0.1, 0.15) is 17.7 Å². The normalized spacial score (nSPS) is 13.4. The lowest BCUT2D eigenvalue weighted by Gasteiger charge is -2.13. The van der Waals surface area contributed by atoms with Crippen LogP contribution in [-0.4, -0.2) is 29.3 Å². The monoisotopic (exact) mass is 403 g/mol. The van der Waals surface area contributed by atoms with E-state index in [0.29, 0.717) is 12.1 Å². The van der Waals surface area contributed by atoms with Crippen LogP contribution < -0.4 is 10.6 Å². The summed E-state index contributed by atoms with van der Waals surface area (Å²) in [5.41, 5.74) is 2.38. The van der Waals surface area contributed by atoms with E-state index in [4.69, 9.17) is 4.42 Å². The maximum atomic E-state index is 12.3. The van der Waals surface area contributed by atoms with E-state index in [-0.39, 0.29) is 31.3 Å². The predicted molar refractivity (Wildman–Crippen MR) is 111 cm³/mol. The number of nitrogens with zero attached hydrogens (tertiary/aromatic N) is 1. The second kappa shape index (κ2) is 8.65. The minimum Gasteiger partial charge on any atom is -0.461 e. The average molecular weight is 403 g/mol. The zero-order valence-electron chi connectivity index (χ0n) is 16.3. The minimum atomic E-state index is -0.400. The van der Waals surface area contributed by atoms with E-state index in [1.807, 2.05) is 48.5 Å². The van der Waals surface area contributed by atoms with Crippen LogP contribution in [0.25, 0.3) is 11.3 Å². The van der Waals surface area contributed by atoms with Gasteiger partial charge in [-0.05, 0) is 29.8 Å². The molecular weight excluding hydrogens is 382 g/mol. The molecule has 1 aromatic heterocycles. The molecule has 0 unspecified atom stereocenters. The molecule has 0 bridgehead atoms. The van der Waals surface area contributed by atoms with E-state index in [0.717, 1.165) is 27.5 Å². The summed E-state index contributed by atoms with van der Waals surface area (Å²) in [5, 5.41) is 5.34. The quantitative estimate of drug-likeness (QED) is 0.590. The molecule has 0 atom stereocenters. The average Bonchev–Trinajstić information content (AvgIpc) is 3.35. The summed E-state index contributed by atoms with van der Waals surface area (Å²) in [5.74, 6) is 1.12. The molecular formula is C23H21N3O4. The lowest BCUT2D eigenvalue weighted by atomic mass is 10.1. The first-order chi connectivity index (χ1) is 14.6. The first-order valence-electron chi connectivity index (χ1n) is 9.69. The zero-order valence-corrected chi connectivity index (χ0v) is 16.3. The fourth-order valence-corrected chi connectivity index (χ4v) is 3.28. The molecule has 0 radical (unpaired) electrons. The van der Waals surface area contributed by atoms with Crippen molar-refractivity contribution in [1.82, 2.24) is 10.2 Å². The van der Waals surface area contributed by atoms with Crippen LogP contribution in [0.5, 0.6) is 0 Å². The summed E-state index contributed by atoms with van der Waals surface area (Å²) in [7, 11) is 0. The summed E-state index contributed by atoms with van der Waals surface area (Å²) in [4.78, 5) is 36.9. The second-order valence-electron chi connectivity index (χ2n) is 7.02. The molecule has 2 aromatic carbocycles. The Balaban J connectivity index is 1.32. The Morgan fingerprint density at radius 1 is 1.03 bits per heavy atom. The number of rotatable bonds is 7. The molecule has 7 nitrogen and oxygen atoms in total. The van der Waals surface area contributed by atoms with Crippen molar-refractivity contribution in [2.45, 2.75) is 19.4 Å². The van der Waals surface area contributed by atoms with Crippen molar-refractivity contribution in [3.8, 4) is 11.3 Å². The third kappa shape index (κ3) is 4.57. The second-order valence-corrected chi connectivity index (χ2v) is 7.02. The number of urea groups is 1.